The molecule has 1 aliphatic heterocycles. The average molecular weight is 666 g/mol. The summed E-state index contributed by atoms with van der Waals surface area (Å²) in [6.07, 6.45) is 6.61. The van der Waals surface area contributed by atoms with E-state index >= 15 is 0 Å². The van der Waals surface area contributed by atoms with Crippen LogP contribution in [0.25, 0.3) is 11.3 Å². The van der Waals surface area contributed by atoms with Crippen LogP contribution >= 0.6 is 0 Å². The highest BCUT2D eigenvalue weighted by atomic mass is 16.5. The Bertz CT molecular complexity index is 1620. The molecule has 10 heteroatoms. The van der Waals surface area contributed by atoms with Gasteiger partial charge in [-0.15, -0.1) is 0 Å². The van der Waals surface area contributed by atoms with Gasteiger partial charge in [-0.05, 0) is 54.3 Å². The number of benzene rings is 2. The molecule has 0 radical (unpaired) electrons. The molecule has 49 heavy (non-hydrogen) atoms. The van der Waals surface area contributed by atoms with Gasteiger partial charge in [0.1, 0.15) is 5.82 Å². The number of aryl methyl sites for hydroxylation is 1. The zero-order valence-electron chi connectivity index (χ0n) is 28.7. The van der Waals surface area contributed by atoms with Crippen LogP contribution in [0, 0.1) is 6.92 Å². The molecule has 0 spiro atoms. The Morgan fingerprint density at radius 3 is 2.29 bits per heavy atom. The molecule has 0 N–H and O–H groups in total. The predicted molar refractivity (Wildman–Crippen MR) is 188 cm³/mol. The van der Waals surface area contributed by atoms with E-state index in [2.05, 4.69) is 33.9 Å². The molecule has 1 aliphatic rings. The zero-order valence-corrected chi connectivity index (χ0v) is 28.7. The third kappa shape index (κ3) is 11.4. The largest absolute Gasteiger partial charge is 0.379 e. The lowest BCUT2D eigenvalue weighted by atomic mass is 9.97. The molecule has 2 aromatic carbocycles. The summed E-state index contributed by atoms with van der Waals surface area (Å²) < 4.78 is 16.2. The van der Waals surface area contributed by atoms with Gasteiger partial charge < -0.3 is 19.1 Å². The van der Waals surface area contributed by atoms with Crippen LogP contribution < -0.4 is 0 Å². The summed E-state index contributed by atoms with van der Waals surface area (Å²) in [7, 11) is 0. The van der Waals surface area contributed by atoms with Crippen molar-refractivity contribution in [1.82, 2.24) is 24.8 Å². The van der Waals surface area contributed by atoms with E-state index in [9.17, 15) is 9.59 Å². The van der Waals surface area contributed by atoms with Gasteiger partial charge >= 0.3 is 0 Å². The maximum atomic E-state index is 13.2. The maximum Gasteiger partial charge on any atom is 0.224 e. The van der Waals surface area contributed by atoms with Crippen LogP contribution in [0.3, 0.4) is 0 Å². The first-order valence-electron chi connectivity index (χ1n) is 17.1. The Morgan fingerprint density at radius 1 is 0.816 bits per heavy atom. The number of rotatable bonds is 18. The average Bonchev–Trinajstić information content (AvgIpc) is 3.13. The lowest BCUT2D eigenvalue weighted by Gasteiger charge is -2.34. The minimum Gasteiger partial charge on any atom is -0.379 e. The van der Waals surface area contributed by atoms with Gasteiger partial charge in [-0.3, -0.25) is 19.5 Å². The van der Waals surface area contributed by atoms with Crippen molar-refractivity contribution in [1.29, 1.82) is 0 Å². The van der Waals surface area contributed by atoms with E-state index in [0.717, 1.165) is 59.0 Å². The summed E-state index contributed by atoms with van der Waals surface area (Å²) in [5.41, 5.74) is 6.86. The van der Waals surface area contributed by atoms with Gasteiger partial charge in [0.05, 0.1) is 45.1 Å². The number of ketones is 1. The highest BCUT2D eigenvalue weighted by Crippen LogP contribution is 2.20. The van der Waals surface area contributed by atoms with Gasteiger partial charge in [0.25, 0.3) is 0 Å². The Kier molecular flexibility index (Phi) is 13.9. The number of carbonyl (C=O) groups is 2. The molecule has 258 valence electrons. The molecule has 0 aliphatic carbocycles. The maximum absolute atomic E-state index is 13.2. The van der Waals surface area contributed by atoms with Crippen molar-refractivity contribution in [2.45, 2.75) is 39.7 Å². The third-order valence-corrected chi connectivity index (χ3v) is 8.61. The monoisotopic (exact) mass is 665 g/mol. The number of ether oxygens (including phenoxy) is 3. The summed E-state index contributed by atoms with van der Waals surface area (Å²) in [6.45, 7) is 11.1. The van der Waals surface area contributed by atoms with Crippen LogP contribution in [0.5, 0.6) is 0 Å². The summed E-state index contributed by atoms with van der Waals surface area (Å²) in [4.78, 5) is 43.6. The van der Waals surface area contributed by atoms with Crippen LogP contribution in [-0.4, -0.2) is 102 Å². The molecule has 4 aromatic rings. The molecule has 3 heterocycles. The predicted octanol–water partition coefficient (Wildman–Crippen LogP) is 4.97. The fourth-order valence-electron chi connectivity index (χ4n) is 5.75. The number of Topliss-reactive ketones (excluding diaryl/α,β-unsaturated/α-hetero) is 1. The molecule has 0 saturated carbocycles. The Labute approximate surface area is 289 Å². The lowest BCUT2D eigenvalue weighted by molar-refractivity contribution is -0.134. The number of amides is 1. The van der Waals surface area contributed by atoms with Crippen LogP contribution in [0.15, 0.2) is 79.3 Å². The highest BCUT2D eigenvalue weighted by molar-refractivity contribution is 5.97. The molecule has 2 aromatic heterocycles. The Balaban J connectivity index is 1.04. The van der Waals surface area contributed by atoms with E-state index in [-0.39, 0.29) is 11.7 Å². The fraction of sp³-hybridized carbons (Fsp3) is 0.410. The zero-order chi connectivity index (χ0) is 34.3. The summed E-state index contributed by atoms with van der Waals surface area (Å²) >= 11 is 0. The normalized spacial score (nSPS) is 13.5. The van der Waals surface area contributed by atoms with Crippen molar-refractivity contribution in [3.63, 3.8) is 0 Å². The smallest absolute Gasteiger partial charge is 0.224 e. The summed E-state index contributed by atoms with van der Waals surface area (Å²) in [5.74, 6) is 0.943. The molecule has 0 atom stereocenters. The number of aromatic nitrogens is 3. The minimum absolute atomic E-state index is 0.0846. The number of carbonyl (C=O) groups excluding carboxylic acids is 2. The van der Waals surface area contributed by atoms with Crippen molar-refractivity contribution >= 4 is 11.7 Å². The molecule has 0 bridgehead atoms. The van der Waals surface area contributed by atoms with Gasteiger partial charge in [-0.25, -0.2) is 9.97 Å². The van der Waals surface area contributed by atoms with E-state index < -0.39 is 0 Å². The fourth-order valence-corrected chi connectivity index (χ4v) is 5.75. The highest BCUT2D eigenvalue weighted by Gasteiger charge is 2.21. The van der Waals surface area contributed by atoms with Crippen molar-refractivity contribution in [2.75, 3.05) is 65.8 Å². The second-order valence-electron chi connectivity index (χ2n) is 12.2. The Hall–Kier alpha value is -4.35. The van der Waals surface area contributed by atoms with Crippen LogP contribution in [0.1, 0.15) is 51.8 Å². The second kappa shape index (κ2) is 19.0. The van der Waals surface area contributed by atoms with Crippen molar-refractivity contribution in [3.05, 3.63) is 113 Å². The van der Waals surface area contributed by atoms with E-state index in [1.54, 1.807) is 18.6 Å². The van der Waals surface area contributed by atoms with E-state index in [0.29, 0.717) is 77.6 Å². The number of nitrogens with zero attached hydrogens (tertiary/aromatic N) is 5. The van der Waals surface area contributed by atoms with Crippen molar-refractivity contribution in [3.8, 4) is 11.3 Å². The molecule has 0 unspecified atom stereocenters. The second-order valence-corrected chi connectivity index (χ2v) is 12.2. The van der Waals surface area contributed by atoms with Crippen molar-refractivity contribution < 1.29 is 23.8 Å². The number of hydrogen-bond acceptors (Lipinski definition) is 9. The van der Waals surface area contributed by atoms with E-state index in [1.165, 1.54) is 0 Å². The van der Waals surface area contributed by atoms with Crippen LogP contribution in [-0.2, 0) is 38.4 Å². The van der Waals surface area contributed by atoms with Crippen LogP contribution in [0.4, 0.5) is 0 Å². The number of hydrogen-bond donors (Lipinski definition) is 0. The van der Waals surface area contributed by atoms with Crippen LogP contribution in [0.2, 0.25) is 0 Å². The van der Waals surface area contributed by atoms with Gasteiger partial charge in [0.2, 0.25) is 5.91 Å². The van der Waals surface area contributed by atoms with E-state index in [1.807, 2.05) is 60.4 Å². The Morgan fingerprint density at radius 2 is 1.55 bits per heavy atom. The van der Waals surface area contributed by atoms with E-state index in [4.69, 9.17) is 19.2 Å². The molecule has 10 nitrogen and oxygen atoms in total. The van der Waals surface area contributed by atoms with Gasteiger partial charge in [0.15, 0.2) is 5.78 Å². The summed E-state index contributed by atoms with van der Waals surface area (Å²) in [6, 6.07) is 19.9. The molecule has 5 rings (SSSR count). The quantitative estimate of drug-likeness (QED) is 0.108. The first kappa shape index (κ1) is 35.9. The molecule has 1 amide bonds. The molecular formula is C39H47N5O5. The third-order valence-electron chi connectivity index (χ3n) is 8.61. The molecular weight excluding hydrogens is 618 g/mol. The first-order chi connectivity index (χ1) is 24.0. The SMILES string of the molecule is CCOCCOCCOCCC(=O)N1CCN(Cc2ccc(C(=O)Cc3ccc(C)c(Cc4nccc(-c5cccnc5)n4)c3)cc2)CC1. The van der Waals surface area contributed by atoms with Gasteiger partial charge in [0, 0.05) is 81.9 Å². The topological polar surface area (TPSA) is 107 Å². The lowest BCUT2D eigenvalue weighted by Crippen LogP contribution is -2.48. The van der Waals surface area contributed by atoms with Gasteiger partial charge in [-0.2, -0.15) is 0 Å². The number of pyridine rings is 1. The van der Waals surface area contributed by atoms with Crippen molar-refractivity contribution in [2.24, 2.45) is 0 Å². The minimum atomic E-state index is 0.0846. The standard InChI is InChI=1S/C39H47N5O5/c1-3-47-21-22-49-24-23-48-20-13-39(46)44-18-16-43(17-19-44)29-31-8-10-33(11-9-31)37(45)26-32-7-6-30(2)35(25-32)27-38-41-15-12-36(42-38)34-5-4-14-40-28-34/h4-12,14-15,25,28H,3,13,16-24,26-27,29H2,1-2H3. The number of piperazine rings is 1. The first-order valence-corrected chi connectivity index (χ1v) is 17.1. The molecule has 1 fully saturated rings. The summed E-state index contributed by atoms with van der Waals surface area (Å²) in [5, 5.41) is 0. The van der Waals surface area contributed by atoms with Gasteiger partial charge in [-0.1, -0.05) is 42.5 Å². The molecule has 1 saturated heterocycles.